The third kappa shape index (κ3) is 2.30. The maximum absolute atomic E-state index is 5.12. The fourth-order valence-corrected chi connectivity index (χ4v) is 2.20. The van der Waals surface area contributed by atoms with Crippen molar-refractivity contribution in [2.24, 2.45) is 0 Å². The molecule has 0 unspecified atom stereocenters. The predicted molar refractivity (Wildman–Crippen MR) is 68.4 cm³/mol. The minimum absolute atomic E-state index is 0.771. The lowest BCUT2D eigenvalue weighted by Crippen LogP contribution is -2.24. The van der Waals surface area contributed by atoms with E-state index < -0.39 is 0 Å². The number of nitrogens with one attached hydrogen (secondary N) is 1. The SMILES string of the molecule is COCCN(C)c1cccc2c1CCCN2. The normalized spacial score (nSPS) is 14.1. The van der Waals surface area contributed by atoms with Gasteiger partial charge >= 0.3 is 0 Å². The van der Waals surface area contributed by atoms with Crippen LogP contribution < -0.4 is 10.2 Å². The molecule has 1 N–H and O–H groups in total. The van der Waals surface area contributed by atoms with Crippen LogP contribution in [-0.2, 0) is 11.2 Å². The third-order valence-corrected chi connectivity index (χ3v) is 3.11. The van der Waals surface area contributed by atoms with Crippen molar-refractivity contribution in [3.63, 3.8) is 0 Å². The van der Waals surface area contributed by atoms with Crippen molar-refractivity contribution >= 4 is 11.4 Å². The van der Waals surface area contributed by atoms with Gasteiger partial charge in [-0.3, -0.25) is 0 Å². The lowest BCUT2D eigenvalue weighted by molar-refractivity contribution is 0.206. The quantitative estimate of drug-likeness (QED) is 0.841. The number of hydrogen-bond donors (Lipinski definition) is 1. The Balaban J connectivity index is 2.19. The van der Waals surface area contributed by atoms with Gasteiger partial charge in [0.15, 0.2) is 0 Å². The molecule has 0 aliphatic carbocycles. The van der Waals surface area contributed by atoms with Gasteiger partial charge in [-0.1, -0.05) is 6.07 Å². The number of rotatable bonds is 4. The zero-order valence-corrected chi connectivity index (χ0v) is 10.1. The molecule has 0 radical (unpaired) electrons. The Morgan fingerprint density at radius 1 is 1.44 bits per heavy atom. The smallest absolute Gasteiger partial charge is 0.0637 e. The third-order valence-electron chi connectivity index (χ3n) is 3.11. The first-order valence-corrected chi connectivity index (χ1v) is 5.89. The Kier molecular flexibility index (Phi) is 3.67. The van der Waals surface area contributed by atoms with E-state index in [4.69, 9.17) is 4.74 Å². The van der Waals surface area contributed by atoms with E-state index in [9.17, 15) is 0 Å². The average molecular weight is 220 g/mol. The largest absolute Gasteiger partial charge is 0.385 e. The molecule has 88 valence electrons. The summed E-state index contributed by atoms with van der Waals surface area (Å²) in [6, 6.07) is 6.49. The maximum atomic E-state index is 5.12. The summed E-state index contributed by atoms with van der Waals surface area (Å²) in [6.07, 6.45) is 2.40. The van der Waals surface area contributed by atoms with E-state index >= 15 is 0 Å². The Bertz CT molecular complexity index is 352. The molecule has 1 aromatic carbocycles. The second-order valence-electron chi connectivity index (χ2n) is 4.25. The second-order valence-corrected chi connectivity index (χ2v) is 4.25. The van der Waals surface area contributed by atoms with E-state index in [-0.39, 0.29) is 0 Å². The molecule has 0 amide bonds. The van der Waals surface area contributed by atoms with Gasteiger partial charge in [-0.05, 0) is 30.5 Å². The highest BCUT2D eigenvalue weighted by molar-refractivity contribution is 5.67. The Morgan fingerprint density at radius 3 is 3.12 bits per heavy atom. The Hall–Kier alpha value is -1.22. The molecule has 3 heteroatoms. The van der Waals surface area contributed by atoms with Crippen molar-refractivity contribution in [1.82, 2.24) is 0 Å². The monoisotopic (exact) mass is 220 g/mol. The summed E-state index contributed by atoms with van der Waals surface area (Å²) in [5, 5.41) is 3.46. The van der Waals surface area contributed by atoms with Crippen molar-refractivity contribution < 1.29 is 4.74 Å². The highest BCUT2D eigenvalue weighted by Gasteiger charge is 2.14. The van der Waals surface area contributed by atoms with E-state index in [0.29, 0.717) is 0 Å². The highest BCUT2D eigenvalue weighted by Crippen LogP contribution is 2.30. The van der Waals surface area contributed by atoms with Gasteiger partial charge in [0.05, 0.1) is 6.61 Å². The minimum atomic E-state index is 0.771. The summed E-state index contributed by atoms with van der Waals surface area (Å²) in [7, 11) is 3.87. The van der Waals surface area contributed by atoms with Gasteiger partial charge in [-0.15, -0.1) is 0 Å². The van der Waals surface area contributed by atoms with E-state index in [1.165, 1.54) is 29.8 Å². The molecular weight excluding hydrogens is 200 g/mol. The van der Waals surface area contributed by atoms with Crippen LogP contribution in [0.25, 0.3) is 0 Å². The van der Waals surface area contributed by atoms with Crippen molar-refractivity contribution in [2.45, 2.75) is 12.8 Å². The summed E-state index contributed by atoms with van der Waals surface area (Å²) >= 11 is 0. The van der Waals surface area contributed by atoms with E-state index in [0.717, 1.165) is 19.7 Å². The van der Waals surface area contributed by atoms with Crippen LogP contribution in [0.2, 0.25) is 0 Å². The van der Waals surface area contributed by atoms with Crippen molar-refractivity contribution in [3.8, 4) is 0 Å². The first-order valence-electron chi connectivity index (χ1n) is 5.89. The van der Waals surface area contributed by atoms with Crippen molar-refractivity contribution in [3.05, 3.63) is 23.8 Å². The topological polar surface area (TPSA) is 24.5 Å². The Morgan fingerprint density at radius 2 is 2.31 bits per heavy atom. The fourth-order valence-electron chi connectivity index (χ4n) is 2.20. The van der Waals surface area contributed by atoms with Crippen LogP contribution in [0.5, 0.6) is 0 Å². The van der Waals surface area contributed by atoms with Crippen LogP contribution in [0.4, 0.5) is 11.4 Å². The molecule has 0 aromatic heterocycles. The van der Waals surface area contributed by atoms with Crippen LogP contribution in [0.15, 0.2) is 18.2 Å². The lowest BCUT2D eigenvalue weighted by atomic mass is 10.0. The Labute approximate surface area is 97.4 Å². The van der Waals surface area contributed by atoms with E-state index in [2.05, 4.69) is 35.5 Å². The fraction of sp³-hybridized carbons (Fsp3) is 0.538. The summed E-state index contributed by atoms with van der Waals surface area (Å²) in [5.74, 6) is 0. The standard InChI is InChI=1S/C13H20N2O/c1-15(9-10-16-2)13-7-3-6-12-11(13)5-4-8-14-12/h3,6-7,14H,4-5,8-10H2,1-2H3. The molecular formula is C13H20N2O. The molecule has 0 fully saturated rings. The van der Waals surface area contributed by atoms with Crippen LogP contribution in [0.1, 0.15) is 12.0 Å². The number of hydrogen-bond acceptors (Lipinski definition) is 3. The molecule has 0 bridgehead atoms. The predicted octanol–water partition coefficient (Wildman–Crippen LogP) is 2.13. The molecule has 0 saturated carbocycles. The molecule has 1 aromatic rings. The molecule has 0 saturated heterocycles. The molecule has 1 aliphatic heterocycles. The highest BCUT2D eigenvalue weighted by atomic mass is 16.5. The first kappa shape index (κ1) is 11.3. The zero-order chi connectivity index (χ0) is 11.4. The molecule has 0 spiro atoms. The lowest BCUT2D eigenvalue weighted by Gasteiger charge is -2.27. The zero-order valence-electron chi connectivity index (χ0n) is 10.1. The summed E-state index contributed by atoms with van der Waals surface area (Å²) in [6.45, 7) is 2.80. The second kappa shape index (κ2) is 5.21. The van der Waals surface area contributed by atoms with Crippen molar-refractivity contribution in [2.75, 3.05) is 44.1 Å². The van der Waals surface area contributed by atoms with Gasteiger partial charge in [0, 0.05) is 38.6 Å². The average Bonchev–Trinajstić information content (AvgIpc) is 2.35. The van der Waals surface area contributed by atoms with Gasteiger partial charge < -0.3 is 15.0 Å². The van der Waals surface area contributed by atoms with Crippen LogP contribution in [0, 0.1) is 0 Å². The van der Waals surface area contributed by atoms with Crippen LogP contribution in [0.3, 0.4) is 0 Å². The number of methoxy groups -OCH3 is 1. The van der Waals surface area contributed by atoms with E-state index in [1.54, 1.807) is 7.11 Å². The summed E-state index contributed by atoms with van der Waals surface area (Å²) in [4.78, 5) is 2.27. The minimum Gasteiger partial charge on any atom is -0.385 e. The summed E-state index contributed by atoms with van der Waals surface area (Å²) < 4.78 is 5.12. The van der Waals surface area contributed by atoms with Gasteiger partial charge in [0.25, 0.3) is 0 Å². The maximum Gasteiger partial charge on any atom is 0.0637 e. The molecule has 16 heavy (non-hydrogen) atoms. The number of ether oxygens (including phenoxy) is 1. The molecule has 3 nitrogen and oxygen atoms in total. The number of anilines is 2. The summed E-state index contributed by atoms with van der Waals surface area (Å²) in [5.41, 5.74) is 4.09. The number of benzene rings is 1. The number of likely N-dealkylation sites (N-methyl/N-ethyl adjacent to an activating group) is 1. The van der Waals surface area contributed by atoms with Crippen LogP contribution >= 0.6 is 0 Å². The molecule has 1 heterocycles. The van der Waals surface area contributed by atoms with E-state index in [1.807, 2.05) is 0 Å². The molecule has 2 rings (SSSR count). The van der Waals surface area contributed by atoms with Gasteiger partial charge in [0.2, 0.25) is 0 Å². The first-order chi connectivity index (χ1) is 7.83. The number of nitrogens with zero attached hydrogens (tertiary/aromatic N) is 1. The molecule has 1 aliphatic rings. The number of fused-ring (bicyclic) bond motifs is 1. The van der Waals surface area contributed by atoms with Gasteiger partial charge in [-0.25, -0.2) is 0 Å². The van der Waals surface area contributed by atoms with Gasteiger partial charge in [-0.2, -0.15) is 0 Å². The van der Waals surface area contributed by atoms with Crippen molar-refractivity contribution in [1.29, 1.82) is 0 Å². The molecule has 0 atom stereocenters. The van der Waals surface area contributed by atoms with Gasteiger partial charge in [0.1, 0.15) is 0 Å². The van der Waals surface area contributed by atoms with Crippen LogP contribution in [-0.4, -0.2) is 33.9 Å².